The van der Waals surface area contributed by atoms with Crippen LogP contribution in [0.1, 0.15) is 10.5 Å². The smallest absolute Gasteiger partial charge is 0.274 e. The minimum atomic E-state index is -0.236. The maximum Gasteiger partial charge on any atom is 0.274 e. The fraction of sp³-hybridized carbons (Fsp3) is 0.0588. The number of fused-ring (bicyclic) bond motifs is 1. The minimum Gasteiger partial charge on any atom is -0.497 e. The van der Waals surface area contributed by atoms with Crippen LogP contribution in [0, 0.1) is 0 Å². The molecule has 0 aliphatic heterocycles. The van der Waals surface area contributed by atoms with Crippen molar-refractivity contribution < 1.29 is 9.53 Å². The van der Waals surface area contributed by atoms with E-state index in [1.807, 2.05) is 48.5 Å². The van der Waals surface area contributed by atoms with Gasteiger partial charge in [0.15, 0.2) is 0 Å². The normalized spacial score (nSPS) is 10.3. The van der Waals surface area contributed by atoms with E-state index < -0.39 is 0 Å². The van der Waals surface area contributed by atoms with E-state index in [9.17, 15) is 4.79 Å². The Kier molecular flexibility index (Phi) is 3.51. The van der Waals surface area contributed by atoms with Crippen LogP contribution in [0.2, 0.25) is 0 Å². The van der Waals surface area contributed by atoms with Crippen molar-refractivity contribution in [1.29, 1.82) is 0 Å². The van der Waals surface area contributed by atoms with E-state index in [-0.39, 0.29) is 5.91 Å². The molecule has 0 aliphatic rings. The average molecular weight is 278 g/mol. The number of hydrogen-bond acceptors (Lipinski definition) is 3. The van der Waals surface area contributed by atoms with E-state index in [0.717, 1.165) is 10.8 Å². The lowest BCUT2D eigenvalue weighted by atomic mass is 10.1. The maximum absolute atomic E-state index is 12.4. The summed E-state index contributed by atoms with van der Waals surface area (Å²) in [4.78, 5) is 16.6. The number of methoxy groups -OCH3 is 1. The van der Waals surface area contributed by atoms with Crippen molar-refractivity contribution in [1.82, 2.24) is 4.98 Å². The van der Waals surface area contributed by atoms with Gasteiger partial charge in [0, 0.05) is 23.3 Å². The summed E-state index contributed by atoms with van der Waals surface area (Å²) in [5.41, 5.74) is 1.09. The molecule has 4 heteroatoms. The van der Waals surface area contributed by atoms with Crippen molar-refractivity contribution in [2.75, 3.05) is 12.4 Å². The molecule has 1 heterocycles. The Morgan fingerprint density at radius 2 is 1.95 bits per heavy atom. The Balaban J connectivity index is 1.93. The van der Waals surface area contributed by atoms with E-state index in [2.05, 4.69) is 10.3 Å². The number of carbonyl (C=O) groups is 1. The van der Waals surface area contributed by atoms with Gasteiger partial charge in [-0.15, -0.1) is 0 Å². The average Bonchev–Trinajstić information content (AvgIpc) is 2.54. The van der Waals surface area contributed by atoms with Gasteiger partial charge >= 0.3 is 0 Å². The molecule has 0 radical (unpaired) electrons. The molecule has 1 amide bonds. The van der Waals surface area contributed by atoms with E-state index in [4.69, 9.17) is 4.74 Å². The highest BCUT2D eigenvalue weighted by Crippen LogP contribution is 2.20. The fourth-order valence-electron chi connectivity index (χ4n) is 2.19. The van der Waals surface area contributed by atoms with E-state index in [1.54, 1.807) is 19.4 Å². The van der Waals surface area contributed by atoms with Crippen LogP contribution in [0.15, 0.2) is 60.8 Å². The summed E-state index contributed by atoms with van der Waals surface area (Å²) in [6, 6.07) is 16.8. The lowest BCUT2D eigenvalue weighted by Gasteiger charge is -2.08. The molecule has 1 aromatic heterocycles. The first kappa shape index (κ1) is 13.1. The zero-order valence-corrected chi connectivity index (χ0v) is 11.5. The van der Waals surface area contributed by atoms with Crippen LogP contribution in [0.4, 0.5) is 5.69 Å². The van der Waals surface area contributed by atoms with Crippen molar-refractivity contribution in [3.8, 4) is 5.75 Å². The first-order valence-corrected chi connectivity index (χ1v) is 6.57. The molecule has 21 heavy (non-hydrogen) atoms. The number of hydrogen-bond donors (Lipinski definition) is 1. The largest absolute Gasteiger partial charge is 0.497 e. The number of rotatable bonds is 3. The molecule has 0 unspecified atom stereocenters. The Bertz CT molecular complexity index is 794. The van der Waals surface area contributed by atoms with Crippen molar-refractivity contribution >= 4 is 22.4 Å². The van der Waals surface area contributed by atoms with Gasteiger partial charge < -0.3 is 10.1 Å². The molecule has 3 aromatic rings. The Hall–Kier alpha value is -2.88. The predicted molar refractivity (Wildman–Crippen MR) is 82.7 cm³/mol. The van der Waals surface area contributed by atoms with E-state index >= 15 is 0 Å². The van der Waals surface area contributed by atoms with Gasteiger partial charge in [-0.3, -0.25) is 9.78 Å². The number of anilines is 1. The van der Waals surface area contributed by atoms with E-state index in [1.165, 1.54) is 0 Å². The number of nitrogens with zero attached hydrogens (tertiary/aromatic N) is 1. The molecule has 0 bridgehead atoms. The van der Waals surface area contributed by atoms with Gasteiger partial charge in [-0.05, 0) is 23.6 Å². The first-order valence-electron chi connectivity index (χ1n) is 6.57. The monoisotopic (exact) mass is 278 g/mol. The summed E-state index contributed by atoms with van der Waals surface area (Å²) in [5, 5.41) is 4.67. The third kappa shape index (κ3) is 2.69. The van der Waals surface area contributed by atoms with Crippen LogP contribution in [-0.2, 0) is 0 Å². The Labute approximate surface area is 122 Å². The van der Waals surface area contributed by atoms with Gasteiger partial charge in [-0.25, -0.2) is 0 Å². The second-order valence-electron chi connectivity index (χ2n) is 4.57. The molecular weight excluding hydrogens is 264 g/mol. The molecule has 0 saturated carbocycles. The molecule has 0 atom stereocenters. The first-order chi connectivity index (χ1) is 10.3. The summed E-state index contributed by atoms with van der Waals surface area (Å²) >= 11 is 0. The van der Waals surface area contributed by atoms with Crippen molar-refractivity contribution in [2.45, 2.75) is 0 Å². The molecule has 104 valence electrons. The number of aromatic nitrogens is 1. The van der Waals surface area contributed by atoms with Crippen molar-refractivity contribution in [2.24, 2.45) is 0 Å². The van der Waals surface area contributed by atoms with Crippen LogP contribution in [0.5, 0.6) is 5.75 Å². The van der Waals surface area contributed by atoms with Crippen LogP contribution in [0.25, 0.3) is 10.8 Å². The second kappa shape index (κ2) is 5.63. The number of amides is 1. The van der Waals surface area contributed by atoms with E-state index in [0.29, 0.717) is 17.1 Å². The third-order valence-electron chi connectivity index (χ3n) is 3.22. The summed E-state index contributed by atoms with van der Waals surface area (Å²) < 4.78 is 5.15. The predicted octanol–water partition coefficient (Wildman–Crippen LogP) is 3.50. The number of ether oxygens (including phenoxy) is 1. The van der Waals surface area contributed by atoms with Gasteiger partial charge in [0.2, 0.25) is 0 Å². The summed E-state index contributed by atoms with van der Waals surface area (Å²) in [7, 11) is 1.59. The van der Waals surface area contributed by atoms with Gasteiger partial charge in [0.05, 0.1) is 7.11 Å². The summed E-state index contributed by atoms with van der Waals surface area (Å²) in [6.45, 7) is 0. The molecule has 0 aliphatic carbocycles. The van der Waals surface area contributed by atoms with Crippen LogP contribution >= 0.6 is 0 Å². The second-order valence-corrected chi connectivity index (χ2v) is 4.57. The number of pyridine rings is 1. The fourth-order valence-corrected chi connectivity index (χ4v) is 2.19. The van der Waals surface area contributed by atoms with Crippen LogP contribution in [0.3, 0.4) is 0 Å². The lowest BCUT2D eigenvalue weighted by molar-refractivity contribution is 0.102. The molecule has 0 spiro atoms. The highest BCUT2D eigenvalue weighted by Gasteiger charge is 2.11. The highest BCUT2D eigenvalue weighted by atomic mass is 16.5. The van der Waals surface area contributed by atoms with Gasteiger partial charge in [-0.2, -0.15) is 0 Å². The Morgan fingerprint density at radius 3 is 2.81 bits per heavy atom. The highest BCUT2D eigenvalue weighted by molar-refractivity contribution is 6.11. The molecule has 0 saturated heterocycles. The number of carbonyl (C=O) groups excluding carboxylic acids is 1. The summed E-state index contributed by atoms with van der Waals surface area (Å²) in [6.07, 6.45) is 1.64. The maximum atomic E-state index is 12.4. The van der Waals surface area contributed by atoms with Crippen LogP contribution < -0.4 is 10.1 Å². The molecule has 2 aromatic carbocycles. The molecule has 1 N–H and O–H groups in total. The molecule has 4 nitrogen and oxygen atoms in total. The number of benzene rings is 2. The molecule has 0 fully saturated rings. The lowest BCUT2D eigenvalue weighted by Crippen LogP contribution is -2.14. The zero-order valence-electron chi connectivity index (χ0n) is 11.5. The standard InChI is InChI=1S/C17H14N2O2/c1-21-14-7-4-6-13(11-14)19-17(20)16-15-8-3-2-5-12(15)9-10-18-16/h2-11H,1H3,(H,19,20). The van der Waals surface area contributed by atoms with Gasteiger partial charge in [0.1, 0.15) is 11.4 Å². The van der Waals surface area contributed by atoms with Crippen molar-refractivity contribution in [3.05, 3.63) is 66.5 Å². The van der Waals surface area contributed by atoms with Crippen molar-refractivity contribution in [3.63, 3.8) is 0 Å². The summed E-state index contributed by atoms with van der Waals surface area (Å²) in [5.74, 6) is 0.457. The topological polar surface area (TPSA) is 51.2 Å². The zero-order chi connectivity index (χ0) is 14.7. The van der Waals surface area contributed by atoms with Gasteiger partial charge in [-0.1, -0.05) is 30.3 Å². The minimum absolute atomic E-state index is 0.236. The SMILES string of the molecule is COc1cccc(NC(=O)c2nccc3ccccc23)c1. The molecule has 3 rings (SSSR count). The van der Waals surface area contributed by atoms with Crippen LogP contribution in [-0.4, -0.2) is 18.0 Å². The van der Waals surface area contributed by atoms with Gasteiger partial charge in [0.25, 0.3) is 5.91 Å². The quantitative estimate of drug-likeness (QED) is 0.797. The molecular formula is C17H14N2O2. The Morgan fingerprint density at radius 1 is 1.10 bits per heavy atom. The number of nitrogens with one attached hydrogen (secondary N) is 1. The third-order valence-corrected chi connectivity index (χ3v) is 3.22.